The fourth-order valence-corrected chi connectivity index (χ4v) is 4.82. The number of carboxylic acids is 2. The van der Waals surface area contributed by atoms with Gasteiger partial charge in [-0.1, -0.05) is 45.4 Å². The SMILES string of the molecule is C1CCC(NC2CCCCC2)CC1.CC(=O)N[C@@H](CSCC(C)C(=O)O)C(=O)O. The molecule has 0 radical (unpaired) electrons. The normalized spacial score (nSPS) is 20.1. The van der Waals surface area contributed by atoms with E-state index in [0.29, 0.717) is 5.75 Å². The lowest BCUT2D eigenvalue weighted by Gasteiger charge is -2.30. The van der Waals surface area contributed by atoms with Gasteiger partial charge in [-0.2, -0.15) is 11.8 Å². The molecule has 4 N–H and O–H groups in total. The van der Waals surface area contributed by atoms with Crippen LogP contribution in [0.2, 0.25) is 0 Å². The summed E-state index contributed by atoms with van der Waals surface area (Å²) >= 11 is 1.19. The molecule has 8 heteroatoms. The maximum Gasteiger partial charge on any atom is 0.327 e. The van der Waals surface area contributed by atoms with Crippen molar-refractivity contribution in [1.29, 1.82) is 0 Å². The number of thioether (sulfide) groups is 1. The molecule has 2 fully saturated rings. The average Bonchev–Trinajstić information content (AvgIpc) is 2.68. The zero-order chi connectivity index (χ0) is 21.6. The molecule has 0 aromatic carbocycles. The summed E-state index contributed by atoms with van der Waals surface area (Å²) in [6.45, 7) is 2.78. The number of carbonyl (C=O) groups excluding carboxylic acids is 1. The van der Waals surface area contributed by atoms with Crippen molar-refractivity contribution in [2.24, 2.45) is 5.92 Å². The van der Waals surface area contributed by atoms with Gasteiger partial charge >= 0.3 is 11.9 Å². The summed E-state index contributed by atoms with van der Waals surface area (Å²) in [5.74, 6) is -2.51. The number of amides is 1. The molecule has 0 heterocycles. The molecule has 0 aromatic rings. The maximum absolute atomic E-state index is 10.7. The van der Waals surface area contributed by atoms with Gasteiger partial charge in [0.2, 0.25) is 5.91 Å². The Morgan fingerprint density at radius 2 is 1.34 bits per heavy atom. The van der Waals surface area contributed by atoms with E-state index in [1.54, 1.807) is 6.92 Å². The molecule has 0 bridgehead atoms. The topological polar surface area (TPSA) is 116 Å². The molecule has 2 atom stereocenters. The number of hydrogen-bond acceptors (Lipinski definition) is 5. The number of rotatable bonds is 9. The van der Waals surface area contributed by atoms with Crippen LogP contribution in [0.5, 0.6) is 0 Å². The quantitative estimate of drug-likeness (QED) is 0.444. The molecule has 0 spiro atoms. The average molecular weight is 431 g/mol. The van der Waals surface area contributed by atoms with E-state index in [0.717, 1.165) is 12.1 Å². The third-order valence-electron chi connectivity index (χ3n) is 5.43. The zero-order valence-corrected chi connectivity index (χ0v) is 18.6. The van der Waals surface area contributed by atoms with E-state index in [1.165, 1.54) is 82.9 Å². The second kappa shape index (κ2) is 14.7. The molecule has 0 aromatic heterocycles. The maximum atomic E-state index is 10.7. The van der Waals surface area contributed by atoms with E-state index in [1.807, 2.05) is 0 Å². The first-order chi connectivity index (χ1) is 13.8. The summed E-state index contributed by atoms with van der Waals surface area (Å²) < 4.78 is 0. The molecule has 168 valence electrons. The van der Waals surface area contributed by atoms with Crippen LogP contribution < -0.4 is 10.6 Å². The first-order valence-corrected chi connectivity index (χ1v) is 12.0. The zero-order valence-electron chi connectivity index (χ0n) is 17.8. The highest BCUT2D eigenvalue weighted by molar-refractivity contribution is 7.99. The van der Waals surface area contributed by atoms with Crippen molar-refractivity contribution in [2.45, 2.75) is 96.2 Å². The predicted octanol–water partition coefficient (Wildman–Crippen LogP) is 3.27. The second-order valence-electron chi connectivity index (χ2n) is 8.20. The smallest absolute Gasteiger partial charge is 0.327 e. The number of carboxylic acid groups (broad SMARTS) is 2. The number of aliphatic carboxylic acids is 2. The lowest BCUT2D eigenvalue weighted by atomic mass is 9.91. The minimum atomic E-state index is -1.12. The second-order valence-corrected chi connectivity index (χ2v) is 9.28. The Kier molecular flexibility index (Phi) is 13.0. The van der Waals surface area contributed by atoms with Gasteiger partial charge in [-0.25, -0.2) is 4.79 Å². The van der Waals surface area contributed by atoms with Gasteiger partial charge in [0.1, 0.15) is 6.04 Å². The number of hydrogen-bond donors (Lipinski definition) is 4. The summed E-state index contributed by atoms with van der Waals surface area (Å²) in [5.41, 5.74) is 0. The standard InChI is InChI=1S/C12H23N.C9H15NO5S/c1-3-7-11(8-4-1)13-12-9-5-2-6-10-12;1-5(8(12)13)3-16-4-7(9(14)15)10-6(2)11/h11-13H,1-10H2;5,7H,3-4H2,1-2H3,(H,10,11)(H,12,13)(H,14,15)/t;5?,7-/m.0/s1. The number of carbonyl (C=O) groups is 3. The summed E-state index contributed by atoms with van der Waals surface area (Å²) in [6.07, 6.45) is 14.6. The van der Waals surface area contributed by atoms with E-state index in [9.17, 15) is 14.4 Å². The van der Waals surface area contributed by atoms with E-state index in [4.69, 9.17) is 10.2 Å². The van der Waals surface area contributed by atoms with Gasteiger partial charge in [-0.05, 0) is 25.7 Å². The molecular formula is C21H38N2O5S. The Labute approximate surface area is 178 Å². The molecule has 29 heavy (non-hydrogen) atoms. The minimum absolute atomic E-state index is 0.159. The molecule has 2 aliphatic carbocycles. The molecule has 1 amide bonds. The highest BCUT2D eigenvalue weighted by Gasteiger charge is 2.20. The van der Waals surface area contributed by atoms with Crippen molar-refractivity contribution < 1.29 is 24.6 Å². The van der Waals surface area contributed by atoms with Gasteiger partial charge in [0.05, 0.1) is 5.92 Å². The Morgan fingerprint density at radius 3 is 1.72 bits per heavy atom. The Balaban J connectivity index is 0.000000294. The molecule has 2 rings (SSSR count). The van der Waals surface area contributed by atoms with Crippen molar-refractivity contribution in [3.8, 4) is 0 Å². The molecule has 2 aliphatic rings. The van der Waals surface area contributed by atoms with Gasteiger partial charge in [0.15, 0.2) is 0 Å². The Hall–Kier alpha value is -1.28. The van der Waals surface area contributed by atoms with E-state index >= 15 is 0 Å². The van der Waals surface area contributed by atoms with Gasteiger partial charge < -0.3 is 20.8 Å². The Bertz CT molecular complexity index is 489. The highest BCUT2D eigenvalue weighted by atomic mass is 32.2. The van der Waals surface area contributed by atoms with Crippen molar-refractivity contribution in [3.63, 3.8) is 0 Å². The predicted molar refractivity (Wildman–Crippen MR) is 116 cm³/mol. The molecule has 0 saturated heterocycles. The molecule has 1 unspecified atom stereocenters. The molecule has 2 saturated carbocycles. The highest BCUT2D eigenvalue weighted by Crippen LogP contribution is 2.22. The Morgan fingerprint density at radius 1 is 0.862 bits per heavy atom. The van der Waals surface area contributed by atoms with Gasteiger partial charge in [-0.3, -0.25) is 9.59 Å². The van der Waals surface area contributed by atoms with Crippen LogP contribution in [0.4, 0.5) is 0 Å². The van der Waals surface area contributed by atoms with Gasteiger partial charge in [-0.15, -0.1) is 0 Å². The van der Waals surface area contributed by atoms with E-state index < -0.39 is 29.8 Å². The summed E-state index contributed by atoms with van der Waals surface area (Å²) in [6, 6.07) is 0.775. The fourth-order valence-electron chi connectivity index (χ4n) is 3.73. The minimum Gasteiger partial charge on any atom is -0.481 e. The van der Waals surface area contributed by atoms with Crippen LogP contribution in [-0.4, -0.2) is 57.7 Å². The van der Waals surface area contributed by atoms with Crippen LogP contribution in [0.25, 0.3) is 0 Å². The lowest BCUT2D eigenvalue weighted by Crippen LogP contribution is -2.41. The summed E-state index contributed by atoms with van der Waals surface area (Å²) in [7, 11) is 0. The first kappa shape index (κ1) is 25.8. The number of nitrogens with one attached hydrogen (secondary N) is 2. The summed E-state index contributed by atoms with van der Waals surface area (Å²) in [5, 5.41) is 23.5. The lowest BCUT2D eigenvalue weighted by molar-refractivity contribution is -0.141. The van der Waals surface area contributed by atoms with Crippen LogP contribution in [-0.2, 0) is 14.4 Å². The largest absolute Gasteiger partial charge is 0.481 e. The van der Waals surface area contributed by atoms with Crippen LogP contribution in [0.15, 0.2) is 0 Å². The monoisotopic (exact) mass is 430 g/mol. The van der Waals surface area contributed by atoms with Crippen molar-refractivity contribution in [3.05, 3.63) is 0 Å². The van der Waals surface area contributed by atoms with Crippen LogP contribution in [0.3, 0.4) is 0 Å². The van der Waals surface area contributed by atoms with Crippen molar-refractivity contribution in [2.75, 3.05) is 11.5 Å². The van der Waals surface area contributed by atoms with Crippen molar-refractivity contribution >= 4 is 29.6 Å². The molecular weight excluding hydrogens is 392 g/mol. The van der Waals surface area contributed by atoms with Gasteiger partial charge in [0.25, 0.3) is 0 Å². The summed E-state index contributed by atoms with van der Waals surface area (Å²) in [4.78, 5) is 31.9. The molecule has 7 nitrogen and oxygen atoms in total. The fraction of sp³-hybridized carbons (Fsp3) is 0.857. The van der Waals surface area contributed by atoms with E-state index in [-0.39, 0.29) is 5.75 Å². The van der Waals surface area contributed by atoms with Crippen LogP contribution >= 0.6 is 11.8 Å². The van der Waals surface area contributed by atoms with Crippen LogP contribution in [0, 0.1) is 5.92 Å². The van der Waals surface area contributed by atoms with Crippen LogP contribution in [0.1, 0.15) is 78.1 Å². The van der Waals surface area contributed by atoms with E-state index in [2.05, 4.69) is 10.6 Å². The van der Waals surface area contributed by atoms with Crippen molar-refractivity contribution in [1.82, 2.24) is 10.6 Å². The molecule has 0 aliphatic heterocycles. The third kappa shape index (κ3) is 12.1. The first-order valence-electron chi connectivity index (χ1n) is 10.9. The van der Waals surface area contributed by atoms with Gasteiger partial charge in [0, 0.05) is 30.5 Å². The third-order valence-corrected chi connectivity index (χ3v) is 6.74.